The van der Waals surface area contributed by atoms with Gasteiger partial charge in [0.1, 0.15) is 17.1 Å². The summed E-state index contributed by atoms with van der Waals surface area (Å²) < 4.78 is 29.9. The Bertz CT molecular complexity index is 1030. The van der Waals surface area contributed by atoms with Crippen molar-refractivity contribution >= 4 is 27.5 Å². The summed E-state index contributed by atoms with van der Waals surface area (Å²) in [6.07, 6.45) is 0.425. The fourth-order valence-corrected chi connectivity index (χ4v) is 4.76. The number of aromatic hydroxyl groups is 1. The van der Waals surface area contributed by atoms with Gasteiger partial charge in [0.15, 0.2) is 16.4 Å². The lowest BCUT2D eigenvalue weighted by molar-refractivity contribution is -0.119. The van der Waals surface area contributed by atoms with E-state index in [1.165, 1.54) is 10.7 Å². The molecule has 3 rings (SSSR count). The average molecular weight is 407 g/mol. The number of amides is 1. The van der Waals surface area contributed by atoms with Crippen molar-refractivity contribution in [2.24, 2.45) is 0 Å². The summed E-state index contributed by atoms with van der Waals surface area (Å²) in [6, 6.07) is 5.92. The number of carbonyl (C=O) groups excluding carboxylic acids is 2. The Hall–Kier alpha value is -2.88. The maximum absolute atomic E-state index is 12.2. The van der Waals surface area contributed by atoms with Gasteiger partial charge in [-0.15, -0.1) is 0 Å². The van der Waals surface area contributed by atoms with Gasteiger partial charge in [-0.3, -0.25) is 4.79 Å². The highest BCUT2D eigenvalue weighted by atomic mass is 32.2. The number of nitrogens with one attached hydrogen (secondary N) is 1. The van der Waals surface area contributed by atoms with Crippen molar-refractivity contribution in [1.29, 1.82) is 0 Å². The number of benzene rings is 1. The van der Waals surface area contributed by atoms with Gasteiger partial charge in [0, 0.05) is 6.07 Å². The van der Waals surface area contributed by atoms with E-state index in [2.05, 4.69) is 10.4 Å². The minimum atomic E-state index is -3.11. The minimum absolute atomic E-state index is 0.0233. The summed E-state index contributed by atoms with van der Waals surface area (Å²) in [6.45, 7) is 2.82. The van der Waals surface area contributed by atoms with Gasteiger partial charge in [-0.25, -0.2) is 17.9 Å². The Morgan fingerprint density at radius 1 is 1.36 bits per heavy atom. The van der Waals surface area contributed by atoms with Crippen molar-refractivity contribution < 1.29 is 27.9 Å². The zero-order valence-corrected chi connectivity index (χ0v) is 16.3. The third kappa shape index (κ3) is 4.33. The Kier molecular flexibility index (Phi) is 5.41. The van der Waals surface area contributed by atoms with Crippen LogP contribution < -0.4 is 5.32 Å². The van der Waals surface area contributed by atoms with E-state index in [-0.39, 0.29) is 28.9 Å². The predicted molar refractivity (Wildman–Crippen MR) is 101 cm³/mol. The van der Waals surface area contributed by atoms with Crippen LogP contribution in [0.2, 0.25) is 0 Å². The Morgan fingerprint density at radius 3 is 2.79 bits per heavy atom. The first kappa shape index (κ1) is 19.9. The van der Waals surface area contributed by atoms with Crippen LogP contribution >= 0.6 is 0 Å². The van der Waals surface area contributed by atoms with Crippen molar-refractivity contribution in [3.05, 3.63) is 41.1 Å². The predicted octanol–water partition coefficient (Wildman–Crippen LogP) is 1.36. The van der Waals surface area contributed by atoms with E-state index in [1.54, 1.807) is 32.0 Å². The molecule has 1 aromatic carbocycles. The summed E-state index contributed by atoms with van der Waals surface area (Å²) in [4.78, 5) is 24.3. The second-order valence-electron chi connectivity index (χ2n) is 6.77. The lowest BCUT2D eigenvalue weighted by Crippen LogP contribution is -2.24. The van der Waals surface area contributed by atoms with Crippen molar-refractivity contribution in [2.75, 3.05) is 23.4 Å². The summed E-state index contributed by atoms with van der Waals surface area (Å²) in [5.41, 5.74) is 1.12. The quantitative estimate of drug-likeness (QED) is 0.716. The van der Waals surface area contributed by atoms with Gasteiger partial charge in [-0.05, 0) is 31.9 Å². The first-order chi connectivity index (χ1) is 13.2. The number of phenols is 1. The number of carbonyl (C=O) groups is 2. The van der Waals surface area contributed by atoms with E-state index in [0.717, 1.165) is 0 Å². The van der Waals surface area contributed by atoms with E-state index in [4.69, 9.17) is 4.74 Å². The molecule has 1 aromatic heterocycles. The van der Waals surface area contributed by atoms with Gasteiger partial charge in [0.2, 0.25) is 0 Å². The molecule has 150 valence electrons. The molecule has 2 N–H and O–H groups in total. The van der Waals surface area contributed by atoms with Crippen LogP contribution in [0.15, 0.2) is 24.3 Å². The zero-order valence-electron chi connectivity index (χ0n) is 15.5. The molecule has 9 nitrogen and oxygen atoms in total. The van der Waals surface area contributed by atoms with Crippen molar-refractivity contribution in [3.63, 3.8) is 0 Å². The number of aromatic nitrogens is 2. The number of aryl methyl sites for hydroxylation is 2. The fourth-order valence-electron chi connectivity index (χ4n) is 3.07. The van der Waals surface area contributed by atoms with E-state index in [9.17, 15) is 23.1 Å². The van der Waals surface area contributed by atoms with Crippen molar-refractivity contribution in [2.45, 2.75) is 26.3 Å². The molecule has 2 heterocycles. The number of ether oxygens (including phenoxy) is 1. The number of esters is 1. The summed E-state index contributed by atoms with van der Waals surface area (Å²) >= 11 is 0. The molecule has 1 fully saturated rings. The molecule has 0 bridgehead atoms. The molecule has 1 saturated heterocycles. The van der Waals surface area contributed by atoms with Crippen LogP contribution in [0.25, 0.3) is 0 Å². The van der Waals surface area contributed by atoms with Crippen LogP contribution in [0.4, 0.5) is 5.82 Å². The smallest absolute Gasteiger partial charge is 0.342 e. The highest BCUT2D eigenvalue weighted by molar-refractivity contribution is 7.91. The third-order valence-electron chi connectivity index (χ3n) is 4.47. The Balaban J connectivity index is 1.64. The minimum Gasteiger partial charge on any atom is -0.507 e. The third-order valence-corrected chi connectivity index (χ3v) is 6.22. The average Bonchev–Trinajstić information content (AvgIpc) is 3.16. The monoisotopic (exact) mass is 407 g/mol. The summed E-state index contributed by atoms with van der Waals surface area (Å²) in [5, 5.41) is 16.8. The molecule has 0 radical (unpaired) electrons. The second kappa shape index (κ2) is 7.63. The highest BCUT2D eigenvalue weighted by Gasteiger charge is 2.31. The number of sulfone groups is 1. The van der Waals surface area contributed by atoms with Crippen LogP contribution in [-0.4, -0.2) is 53.3 Å². The Labute approximate surface area is 162 Å². The van der Waals surface area contributed by atoms with Gasteiger partial charge in [0.05, 0.1) is 23.2 Å². The molecule has 0 unspecified atom stereocenters. The van der Waals surface area contributed by atoms with Crippen molar-refractivity contribution in [1.82, 2.24) is 9.78 Å². The van der Waals surface area contributed by atoms with Crippen LogP contribution in [0.1, 0.15) is 34.1 Å². The lowest BCUT2D eigenvalue weighted by Gasteiger charge is -2.14. The maximum Gasteiger partial charge on any atom is 0.342 e. The lowest BCUT2D eigenvalue weighted by atomic mass is 10.1. The molecule has 1 aliphatic rings. The van der Waals surface area contributed by atoms with Gasteiger partial charge < -0.3 is 15.2 Å². The Morgan fingerprint density at radius 2 is 2.11 bits per heavy atom. The molecule has 2 aromatic rings. The number of para-hydroxylation sites is 1. The number of hydrogen-bond donors (Lipinski definition) is 2. The normalized spacial score (nSPS) is 18.0. The van der Waals surface area contributed by atoms with E-state index in [0.29, 0.717) is 23.5 Å². The molecule has 1 amide bonds. The number of phenolic OH excluding ortho intramolecular Hbond substituents is 1. The van der Waals surface area contributed by atoms with Gasteiger partial charge in [0.25, 0.3) is 5.91 Å². The zero-order chi connectivity index (χ0) is 20.5. The largest absolute Gasteiger partial charge is 0.507 e. The molecular formula is C18H21N3O6S. The van der Waals surface area contributed by atoms with Gasteiger partial charge >= 0.3 is 5.97 Å². The SMILES string of the molecule is Cc1cc(NC(=O)COC(=O)c2cccc(C)c2O)n([C@H]2CCS(=O)(=O)C2)n1. The van der Waals surface area contributed by atoms with Crippen molar-refractivity contribution in [3.8, 4) is 5.75 Å². The van der Waals surface area contributed by atoms with Gasteiger partial charge in [-0.2, -0.15) is 5.10 Å². The molecule has 1 aliphatic heterocycles. The van der Waals surface area contributed by atoms with Crippen LogP contribution in [0.5, 0.6) is 5.75 Å². The number of nitrogens with zero attached hydrogens (tertiary/aromatic N) is 2. The molecule has 0 saturated carbocycles. The number of hydrogen-bond acceptors (Lipinski definition) is 7. The van der Waals surface area contributed by atoms with E-state index < -0.39 is 28.3 Å². The molecule has 10 heteroatoms. The van der Waals surface area contributed by atoms with Gasteiger partial charge in [-0.1, -0.05) is 12.1 Å². The standard InChI is InChI=1S/C18H21N3O6S/c1-11-4-3-5-14(17(11)23)18(24)27-9-16(22)19-15-8-12(2)20-21(15)13-6-7-28(25,26)10-13/h3-5,8,13,23H,6-7,9-10H2,1-2H3,(H,19,22)/t13-/m0/s1. The molecule has 1 atom stereocenters. The summed E-state index contributed by atoms with van der Waals surface area (Å²) in [5.74, 6) is -1.20. The first-order valence-electron chi connectivity index (χ1n) is 8.68. The molecule has 0 spiro atoms. The van der Waals surface area contributed by atoms with Crippen LogP contribution in [-0.2, 0) is 19.4 Å². The van der Waals surface area contributed by atoms with Crippen LogP contribution in [0.3, 0.4) is 0 Å². The fraction of sp³-hybridized carbons (Fsp3) is 0.389. The highest BCUT2D eigenvalue weighted by Crippen LogP contribution is 2.27. The topological polar surface area (TPSA) is 128 Å². The van der Waals surface area contributed by atoms with Crippen LogP contribution in [0, 0.1) is 13.8 Å². The number of rotatable bonds is 5. The first-order valence-corrected chi connectivity index (χ1v) is 10.5. The number of anilines is 1. The van der Waals surface area contributed by atoms with E-state index >= 15 is 0 Å². The molecular weight excluding hydrogens is 386 g/mol. The molecule has 0 aliphatic carbocycles. The maximum atomic E-state index is 12.2. The van der Waals surface area contributed by atoms with E-state index in [1.807, 2.05) is 0 Å². The second-order valence-corrected chi connectivity index (χ2v) is 9.00. The molecule has 28 heavy (non-hydrogen) atoms. The summed E-state index contributed by atoms with van der Waals surface area (Å²) in [7, 11) is -3.11.